The zero-order valence-corrected chi connectivity index (χ0v) is 16.3. The third kappa shape index (κ3) is 5.01. The number of hydrogen-bond donors (Lipinski definition) is 1. The minimum atomic E-state index is -0.0322. The zero-order valence-electron chi connectivity index (χ0n) is 16.3. The zero-order chi connectivity index (χ0) is 19.2. The molecule has 3 rings (SSSR count). The van der Waals surface area contributed by atoms with Crippen LogP contribution in [0.5, 0.6) is 11.5 Å². The Labute approximate surface area is 161 Å². The van der Waals surface area contributed by atoms with Gasteiger partial charge in [0, 0.05) is 37.3 Å². The maximum Gasteiger partial charge on any atom is 0.251 e. The third-order valence-electron chi connectivity index (χ3n) is 4.90. The second-order valence-corrected chi connectivity index (χ2v) is 6.98. The monoisotopic (exact) mass is 368 g/mol. The van der Waals surface area contributed by atoms with E-state index in [0.717, 1.165) is 48.7 Å². The van der Waals surface area contributed by atoms with E-state index in [1.807, 2.05) is 49.4 Å². The lowest BCUT2D eigenvalue weighted by Crippen LogP contribution is -2.38. The smallest absolute Gasteiger partial charge is 0.251 e. The van der Waals surface area contributed by atoms with Crippen LogP contribution in [-0.4, -0.2) is 43.7 Å². The molecule has 1 atom stereocenters. The summed E-state index contributed by atoms with van der Waals surface area (Å²) in [7, 11) is 1.67. The van der Waals surface area contributed by atoms with Gasteiger partial charge in [0.2, 0.25) is 0 Å². The number of aryl methyl sites for hydroxylation is 1. The minimum Gasteiger partial charge on any atom is -0.497 e. The molecule has 1 aliphatic heterocycles. The van der Waals surface area contributed by atoms with Crippen LogP contribution in [0.1, 0.15) is 34.8 Å². The number of carbonyl (C=O) groups is 1. The lowest BCUT2D eigenvalue weighted by molar-refractivity contribution is 0.0942. The van der Waals surface area contributed by atoms with Crippen molar-refractivity contribution in [2.75, 3.05) is 26.7 Å². The lowest BCUT2D eigenvalue weighted by atomic mass is 10.1. The summed E-state index contributed by atoms with van der Waals surface area (Å²) in [5.41, 5.74) is 2.97. The molecule has 1 amide bonds. The van der Waals surface area contributed by atoms with E-state index in [1.165, 1.54) is 0 Å². The van der Waals surface area contributed by atoms with Crippen molar-refractivity contribution in [2.24, 2.45) is 0 Å². The van der Waals surface area contributed by atoms with Crippen molar-refractivity contribution in [1.29, 1.82) is 0 Å². The molecular formula is C22H28N2O3. The molecule has 1 heterocycles. The van der Waals surface area contributed by atoms with E-state index in [0.29, 0.717) is 12.1 Å². The fourth-order valence-electron chi connectivity index (χ4n) is 3.25. The molecule has 1 unspecified atom stereocenters. The summed E-state index contributed by atoms with van der Waals surface area (Å²) in [4.78, 5) is 14.6. The summed E-state index contributed by atoms with van der Waals surface area (Å²) >= 11 is 0. The Hall–Kier alpha value is -2.53. The number of nitrogens with zero attached hydrogens (tertiary/aromatic N) is 1. The Morgan fingerprint density at radius 1 is 1.26 bits per heavy atom. The fourth-order valence-corrected chi connectivity index (χ4v) is 3.25. The van der Waals surface area contributed by atoms with E-state index in [-0.39, 0.29) is 12.0 Å². The van der Waals surface area contributed by atoms with Gasteiger partial charge in [-0.05, 0) is 43.7 Å². The Balaban J connectivity index is 1.61. The summed E-state index contributed by atoms with van der Waals surface area (Å²) in [6.45, 7) is 7.14. The van der Waals surface area contributed by atoms with Gasteiger partial charge in [-0.25, -0.2) is 0 Å². The van der Waals surface area contributed by atoms with Crippen LogP contribution >= 0.6 is 0 Å². The predicted octanol–water partition coefficient (Wildman–Crippen LogP) is 3.41. The van der Waals surface area contributed by atoms with E-state index >= 15 is 0 Å². The molecule has 5 nitrogen and oxygen atoms in total. The molecule has 0 aromatic heterocycles. The highest BCUT2D eigenvalue weighted by atomic mass is 16.5. The van der Waals surface area contributed by atoms with Crippen LogP contribution in [0.25, 0.3) is 0 Å². The van der Waals surface area contributed by atoms with Gasteiger partial charge in [0.25, 0.3) is 5.91 Å². The van der Waals surface area contributed by atoms with Crippen molar-refractivity contribution in [3.8, 4) is 11.5 Å². The van der Waals surface area contributed by atoms with E-state index < -0.39 is 0 Å². The van der Waals surface area contributed by atoms with Gasteiger partial charge in [-0.3, -0.25) is 9.69 Å². The summed E-state index contributed by atoms with van der Waals surface area (Å²) < 4.78 is 11.5. The topological polar surface area (TPSA) is 50.8 Å². The van der Waals surface area contributed by atoms with Gasteiger partial charge >= 0.3 is 0 Å². The number of hydrogen-bond acceptors (Lipinski definition) is 4. The number of fused-ring (bicyclic) bond motifs is 1. The fraction of sp³-hybridized carbons (Fsp3) is 0.409. The molecule has 0 spiro atoms. The van der Waals surface area contributed by atoms with Crippen LogP contribution in [-0.2, 0) is 6.54 Å². The van der Waals surface area contributed by atoms with Crippen molar-refractivity contribution in [3.63, 3.8) is 0 Å². The maximum absolute atomic E-state index is 12.3. The standard InChI is InChI=1S/C22H28N2O3/c1-4-19-15-24(14-18-13-20(26-3)9-10-21(18)27-19)12-11-23-22(25)17-7-5-16(2)6-8-17/h5-10,13,19H,4,11-12,14-15H2,1-3H3,(H,23,25). The molecule has 144 valence electrons. The first-order valence-electron chi connectivity index (χ1n) is 9.50. The number of ether oxygens (including phenoxy) is 2. The first kappa shape index (κ1) is 19.2. The predicted molar refractivity (Wildman–Crippen MR) is 106 cm³/mol. The van der Waals surface area contributed by atoms with Crippen molar-refractivity contribution in [2.45, 2.75) is 32.9 Å². The van der Waals surface area contributed by atoms with E-state index in [2.05, 4.69) is 17.1 Å². The molecule has 0 saturated carbocycles. The minimum absolute atomic E-state index is 0.0322. The van der Waals surface area contributed by atoms with Crippen molar-refractivity contribution < 1.29 is 14.3 Å². The average Bonchev–Trinajstić information content (AvgIpc) is 2.86. The van der Waals surface area contributed by atoms with Crippen LogP contribution < -0.4 is 14.8 Å². The molecule has 27 heavy (non-hydrogen) atoms. The summed E-state index contributed by atoms with van der Waals surface area (Å²) in [5, 5.41) is 3.02. The van der Waals surface area contributed by atoms with Gasteiger partial charge in [0.1, 0.15) is 17.6 Å². The highest BCUT2D eigenvalue weighted by molar-refractivity contribution is 5.94. The molecule has 0 fully saturated rings. The van der Waals surface area contributed by atoms with Crippen LogP contribution in [0.3, 0.4) is 0 Å². The van der Waals surface area contributed by atoms with Crippen molar-refractivity contribution in [3.05, 3.63) is 59.2 Å². The first-order valence-corrected chi connectivity index (χ1v) is 9.50. The molecule has 1 aliphatic rings. The van der Waals surface area contributed by atoms with Crippen molar-refractivity contribution >= 4 is 5.91 Å². The van der Waals surface area contributed by atoms with Crippen LogP contribution in [0.2, 0.25) is 0 Å². The Morgan fingerprint density at radius 3 is 2.74 bits per heavy atom. The summed E-state index contributed by atoms with van der Waals surface area (Å²) in [6, 6.07) is 13.6. The molecule has 2 aromatic rings. The molecule has 0 saturated heterocycles. The van der Waals surface area contributed by atoms with Crippen molar-refractivity contribution in [1.82, 2.24) is 10.2 Å². The SMILES string of the molecule is CCC1CN(CCNC(=O)c2ccc(C)cc2)Cc2cc(OC)ccc2O1. The summed E-state index contributed by atoms with van der Waals surface area (Å²) in [5.74, 6) is 1.73. The van der Waals surface area contributed by atoms with Gasteiger partial charge in [-0.1, -0.05) is 24.6 Å². The molecule has 0 aliphatic carbocycles. The average molecular weight is 368 g/mol. The van der Waals surface area contributed by atoms with Gasteiger partial charge in [0.05, 0.1) is 7.11 Å². The number of amides is 1. The summed E-state index contributed by atoms with van der Waals surface area (Å²) in [6.07, 6.45) is 1.09. The highest BCUT2D eigenvalue weighted by Crippen LogP contribution is 2.29. The largest absolute Gasteiger partial charge is 0.497 e. The normalized spacial score (nSPS) is 16.8. The molecular weight excluding hydrogens is 340 g/mol. The molecule has 5 heteroatoms. The number of methoxy groups -OCH3 is 1. The van der Waals surface area contributed by atoms with E-state index in [9.17, 15) is 4.79 Å². The number of carbonyl (C=O) groups excluding carboxylic acids is 1. The van der Waals surface area contributed by atoms with Crippen LogP contribution in [0.4, 0.5) is 0 Å². The van der Waals surface area contributed by atoms with E-state index in [4.69, 9.17) is 9.47 Å². The Kier molecular flexibility index (Phi) is 6.35. The van der Waals surface area contributed by atoms with E-state index in [1.54, 1.807) is 7.11 Å². The second kappa shape index (κ2) is 8.91. The number of nitrogens with one attached hydrogen (secondary N) is 1. The van der Waals surface area contributed by atoms with Gasteiger partial charge in [-0.15, -0.1) is 0 Å². The third-order valence-corrected chi connectivity index (χ3v) is 4.90. The lowest BCUT2D eigenvalue weighted by Gasteiger charge is -2.23. The van der Waals surface area contributed by atoms with Gasteiger partial charge in [-0.2, -0.15) is 0 Å². The molecule has 1 N–H and O–H groups in total. The first-order chi connectivity index (χ1) is 13.1. The Morgan fingerprint density at radius 2 is 2.04 bits per heavy atom. The molecule has 2 aromatic carbocycles. The molecule has 0 bridgehead atoms. The number of rotatable bonds is 6. The second-order valence-electron chi connectivity index (χ2n) is 6.98. The Bertz CT molecular complexity index is 774. The number of benzene rings is 2. The quantitative estimate of drug-likeness (QED) is 0.849. The van der Waals surface area contributed by atoms with Gasteiger partial charge in [0.15, 0.2) is 0 Å². The maximum atomic E-state index is 12.3. The van der Waals surface area contributed by atoms with Crippen LogP contribution in [0, 0.1) is 6.92 Å². The molecule has 0 radical (unpaired) electrons. The van der Waals surface area contributed by atoms with Gasteiger partial charge < -0.3 is 14.8 Å². The highest BCUT2D eigenvalue weighted by Gasteiger charge is 2.22. The van der Waals surface area contributed by atoms with Crippen LogP contribution in [0.15, 0.2) is 42.5 Å².